The second kappa shape index (κ2) is 18.3. The van der Waals surface area contributed by atoms with Gasteiger partial charge < -0.3 is 9.84 Å². The van der Waals surface area contributed by atoms with Crippen LogP contribution in [0.15, 0.2) is 21.9 Å². The molecule has 2 N–H and O–H groups in total. The first-order valence-electron chi connectivity index (χ1n) is 19.2. The molecule has 316 valence electrons. The first-order valence-corrected chi connectivity index (χ1v) is 31.1. The number of alkyl halides is 3. The minimum Gasteiger partial charge on any atom is -0.368 e. The minimum atomic E-state index is -6.64. The lowest BCUT2D eigenvalue weighted by Gasteiger charge is -2.47. The van der Waals surface area contributed by atoms with E-state index in [4.69, 9.17) is 23.7 Å². The predicted molar refractivity (Wildman–Crippen MR) is 215 cm³/mol. The molecule has 54 heavy (non-hydrogen) atoms. The van der Waals surface area contributed by atoms with Gasteiger partial charge in [-0.05, 0) is 22.2 Å². The largest absolute Gasteiger partial charge is 0.500 e. The summed E-state index contributed by atoms with van der Waals surface area (Å²) in [6.07, 6.45) is -5.92. The third-order valence-corrected chi connectivity index (χ3v) is 52.1. The van der Waals surface area contributed by atoms with Crippen LogP contribution in [0.5, 0.6) is 0 Å². The van der Waals surface area contributed by atoms with E-state index in [1.807, 2.05) is 32.7 Å². The van der Waals surface area contributed by atoms with Crippen LogP contribution < -0.4 is 11.2 Å². The zero-order valence-electron chi connectivity index (χ0n) is 35.0. The van der Waals surface area contributed by atoms with Crippen molar-refractivity contribution in [1.82, 2.24) is 9.55 Å². The maximum atomic E-state index is 14.7. The van der Waals surface area contributed by atoms with Gasteiger partial charge in [-0.1, -0.05) is 133 Å². The minimum absolute atomic E-state index is 0.0755. The summed E-state index contributed by atoms with van der Waals surface area (Å²) in [5.41, 5.74) is -7.36. The van der Waals surface area contributed by atoms with Crippen LogP contribution in [-0.4, -0.2) is 84.6 Å². The van der Waals surface area contributed by atoms with Crippen molar-refractivity contribution >= 4 is 42.1 Å². The smallest absolute Gasteiger partial charge is 0.368 e. The molecule has 0 aromatic carbocycles. The maximum absolute atomic E-state index is 14.7. The average Bonchev–Trinajstić information content (AvgIpc) is 3.28. The van der Waals surface area contributed by atoms with Crippen molar-refractivity contribution in [3.8, 4) is 0 Å². The third kappa shape index (κ3) is 9.02. The van der Waals surface area contributed by atoms with Crippen molar-refractivity contribution in [2.75, 3.05) is 6.61 Å². The van der Waals surface area contributed by atoms with Crippen molar-refractivity contribution < 1.29 is 50.4 Å². The Morgan fingerprint density at radius 3 is 1.57 bits per heavy atom. The number of aromatic amines is 1. The number of hydrogen-bond donors (Lipinski definition) is 2. The lowest BCUT2D eigenvalue weighted by molar-refractivity contribution is -0.300. The number of halogens is 3. The number of hydrogen-bond acceptors (Lipinski definition) is 10. The van der Waals surface area contributed by atoms with E-state index in [1.165, 1.54) is 0 Å². The average molecular weight is 865 g/mol. The molecule has 2 heterocycles. The summed E-state index contributed by atoms with van der Waals surface area (Å²) in [7, 11) is -16.2. The number of sulfone groups is 1. The fourth-order valence-corrected chi connectivity index (χ4v) is 48.3. The van der Waals surface area contributed by atoms with E-state index in [2.05, 4.69) is 83.1 Å². The maximum Gasteiger partial charge on any atom is 0.500 e. The number of aromatic nitrogens is 2. The van der Waals surface area contributed by atoms with E-state index in [-0.39, 0.29) is 33.2 Å². The number of nitrogens with zero attached hydrogens (tertiary/aromatic N) is 1. The zero-order chi connectivity index (χ0) is 42.1. The number of H-pyrrole nitrogens is 1. The molecule has 20 heteroatoms. The molecule has 1 saturated heterocycles. The molecule has 1 unspecified atom stereocenters. The lowest BCUT2D eigenvalue weighted by atomic mass is 10.1. The van der Waals surface area contributed by atoms with E-state index in [1.54, 1.807) is 0 Å². The van der Waals surface area contributed by atoms with Crippen LogP contribution in [0, 0.1) is 0 Å². The Bertz CT molecular complexity index is 1570. The summed E-state index contributed by atoms with van der Waals surface area (Å²) in [5.74, 6) is 0. The molecule has 0 amide bonds. The second-order valence-electron chi connectivity index (χ2n) is 17.6. The van der Waals surface area contributed by atoms with Crippen LogP contribution in [0.4, 0.5) is 13.2 Å². The van der Waals surface area contributed by atoms with Crippen LogP contribution in [0.3, 0.4) is 0 Å². The van der Waals surface area contributed by atoms with Gasteiger partial charge in [0, 0.05) is 12.3 Å². The SMILES string of the molecule is CC(C)[SiH](C(C)C)[Si](OOC[C@H]1OC(n2ccc(=O)[nH]c2=O)[C@](O)(S(=O)(=O)C(F)(F)F)[C@@H]1OO[Si](C(C)C)(C(C)C)[SiH](C(C)C)C(C)C)(C(C)C)C(C)C. The van der Waals surface area contributed by atoms with Gasteiger partial charge in [-0.25, -0.2) is 23.0 Å². The molecule has 0 spiro atoms. The number of aliphatic hydroxyl groups is 1. The monoisotopic (exact) mass is 864 g/mol. The number of rotatable bonds is 19. The summed E-state index contributed by atoms with van der Waals surface area (Å²) in [4.78, 5) is 35.0. The molecular weight excluding hydrogens is 798 g/mol. The molecular formula is C34H67F3N2O10SSi4. The van der Waals surface area contributed by atoms with E-state index in [0.717, 1.165) is 12.3 Å². The standard InChI is InChI=1S/C34H67F3N2O10SSi4/c1-20(2)51(21(3)4)53(24(9)10,25(11)12)48-45-19-28-30(47-49-54(26(13)14,27(15)16)52(22(5)6)23(7)8)33(42,50(43,44)34(35,36)37)31(46-28)39-18-17-29(40)38-32(39)41/h17-18,20-28,30-31,42,51-52H,19H2,1-16H3,(H,38,40,41)/t28-,30-,31?,33-/m1/s1. The van der Waals surface area contributed by atoms with E-state index in [9.17, 15) is 36.3 Å². The van der Waals surface area contributed by atoms with Crippen LogP contribution in [0.2, 0.25) is 44.3 Å². The molecule has 1 aliphatic heterocycles. The Morgan fingerprint density at radius 2 is 1.22 bits per heavy atom. The van der Waals surface area contributed by atoms with Crippen molar-refractivity contribution in [3.63, 3.8) is 0 Å². The van der Waals surface area contributed by atoms with Crippen molar-refractivity contribution in [3.05, 3.63) is 33.1 Å². The van der Waals surface area contributed by atoms with E-state index in [0.29, 0.717) is 15.6 Å². The van der Waals surface area contributed by atoms with Gasteiger partial charge in [0.15, 0.2) is 12.3 Å². The van der Waals surface area contributed by atoms with E-state index < -0.39 is 88.9 Å². The summed E-state index contributed by atoms with van der Waals surface area (Å²) < 4.78 is 90.9. The molecule has 0 saturated carbocycles. The van der Waals surface area contributed by atoms with Gasteiger partial charge in [0.1, 0.15) is 12.7 Å². The van der Waals surface area contributed by atoms with Crippen molar-refractivity contribution in [1.29, 1.82) is 0 Å². The highest BCUT2D eigenvalue weighted by Gasteiger charge is 2.74. The van der Waals surface area contributed by atoms with Crippen LogP contribution in [-0.2, 0) is 33.5 Å². The fraction of sp³-hybridized carbons (Fsp3) is 0.882. The second-order valence-corrected chi connectivity index (χ2v) is 44.9. The highest BCUT2D eigenvalue weighted by atomic mass is 32.2. The first kappa shape index (κ1) is 49.2. The Morgan fingerprint density at radius 1 is 0.815 bits per heavy atom. The molecule has 1 aromatic heterocycles. The Labute approximate surface area is 324 Å². The number of nitrogens with one attached hydrogen (secondary N) is 1. The fourth-order valence-electron chi connectivity index (χ4n) is 9.68. The molecule has 1 aliphatic rings. The third-order valence-electron chi connectivity index (χ3n) is 11.5. The van der Waals surface area contributed by atoms with Gasteiger partial charge in [-0.15, -0.1) is 0 Å². The van der Waals surface area contributed by atoms with E-state index >= 15 is 0 Å². The Kier molecular flexibility index (Phi) is 16.7. The van der Waals surface area contributed by atoms with Gasteiger partial charge in [-0.2, -0.15) is 13.2 Å². The first-order chi connectivity index (χ1) is 24.5. The highest BCUT2D eigenvalue weighted by molar-refractivity contribution is 7.93. The molecule has 12 nitrogen and oxygen atoms in total. The van der Waals surface area contributed by atoms with Crippen molar-refractivity contribution in [2.45, 2.75) is 184 Å². The molecule has 2 rings (SSSR count). The summed E-state index contributed by atoms with van der Waals surface area (Å²) >= 11 is 0. The highest BCUT2D eigenvalue weighted by Crippen LogP contribution is 2.51. The normalized spacial score (nSPS) is 22.4. The van der Waals surface area contributed by atoms with Gasteiger partial charge >= 0.3 is 11.2 Å². The van der Waals surface area contributed by atoms with Gasteiger partial charge in [-0.3, -0.25) is 23.5 Å². The molecule has 1 fully saturated rings. The Hall–Kier alpha value is -0.952. The van der Waals surface area contributed by atoms with Crippen LogP contribution in [0.25, 0.3) is 0 Å². The number of ether oxygens (including phenoxy) is 1. The Balaban J connectivity index is 2.93. The molecule has 4 atom stereocenters. The van der Waals surface area contributed by atoms with Gasteiger partial charge in [0.05, 0.1) is 16.6 Å². The molecule has 1 aromatic rings. The zero-order valence-corrected chi connectivity index (χ0v) is 40.1. The van der Waals surface area contributed by atoms with Crippen LogP contribution in [0.1, 0.15) is 117 Å². The molecule has 0 bridgehead atoms. The summed E-state index contributed by atoms with van der Waals surface area (Å²) in [5, 5.41) is 12.2. The van der Waals surface area contributed by atoms with Crippen molar-refractivity contribution in [2.24, 2.45) is 0 Å². The molecule has 0 aliphatic carbocycles. The lowest BCUT2D eigenvalue weighted by Crippen LogP contribution is -2.64. The van der Waals surface area contributed by atoms with Crippen LogP contribution >= 0.6 is 0 Å². The quantitative estimate of drug-likeness (QED) is 0.0836. The van der Waals surface area contributed by atoms with Gasteiger partial charge in [0.25, 0.3) is 20.3 Å². The summed E-state index contributed by atoms with van der Waals surface area (Å²) in [6, 6.07) is 0.801. The topological polar surface area (TPSA) is 155 Å². The predicted octanol–water partition coefficient (Wildman–Crippen LogP) is 7.10. The van der Waals surface area contributed by atoms with Gasteiger partial charge in [0.2, 0.25) is 15.7 Å². The summed E-state index contributed by atoms with van der Waals surface area (Å²) in [6.45, 7) is 32.4. The molecule has 0 radical (unpaired) electrons.